The number of amides is 1. The van der Waals surface area contributed by atoms with Crippen LogP contribution < -0.4 is 4.90 Å². The number of anilines is 2. The van der Waals surface area contributed by atoms with Crippen molar-refractivity contribution < 1.29 is 19.4 Å². The summed E-state index contributed by atoms with van der Waals surface area (Å²) in [4.78, 5) is 15.3. The number of halogens is 1. The molecule has 5 heteroatoms. The fraction of sp³-hybridized carbons (Fsp3) is 0.138. The number of hydrogen-bond acceptors (Lipinski definition) is 3. The summed E-state index contributed by atoms with van der Waals surface area (Å²) in [5.74, 6) is -2.15. The van der Waals surface area contributed by atoms with E-state index in [1.165, 1.54) is 4.90 Å². The van der Waals surface area contributed by atoms with Crippen LogP contribution in [0.2, 0.25) is 0 Å². The molecule has 0 bridgehead atoms. The van der Waals surface area contributed by atoms with Gasteiger partial charge in [0.15, 0.2) is 0 Å². The number of nitrogens with zero attached hydrogens (tertiary/aromatic N) is 1. The number of fused-ring (bicyclic) bond motifs is 1. The van der Waals surface area contributed by atoms with Crippen LogP contribution in [0.3, 0.4) is 0 Å². The second kappa shape index (κ2) is 8.86. The van der Waals surface area contributed by atoms with E-state index >= 15 is 4.39 Å². The van der Waals surface area contributed by atoms with Gasteiger partial charge >= 0.3 is 0 Å². The Morgan fingerprint density at radius 2 is 1.18 bits per heavy atom. The lowest BCUT2D eigenvalue weighted by Crippen LogP contribution is -2.45. The van der Waals surface area contributed by atoms with Crippen molar-refractivity contribution in [2.75, 3.05) is 4.90 Å². The maximum atomic E-state index is 17.4. The highest BCUT2D eigenvalue weighted by atomic mass is 19.1. The van der Waals surface area contributed by atoms with Crippen molar-refractivity contribution >= 4 is 17.3 Å². The second-order valence-electron chi connectivity index (χ2n) is 8.44. The number of aliphatic hydroxyl groups excluding tert-OH is 2. The third-order valence-corrected chi connectivity index (χ3v) is 6.46. The standard InChI is InChI=1S/C29H24FNO3/c30-29(23-18-10-11-19-24(23)31(28(29)34)22-16-8-3-9-17-22)25(20-12-4-1-5-13-20)27(33)26(32)21-14-6-2-7-15-21/h1-19,25-27,32-33H/t25-,26-,27-,29-/m0/s1. The number of para-hydroxylation sites is 2. The zero-order chi connectivity index (χ0) is 23.7. The minimum Gasteiger partial charge on any atom is -0.389 e. The largest absolute Gasteiger partial charge is 0.389 e. The average molecular weight is 454 g/mol. The molecule has 0 radical (unpaired) electrons. The van der Waals surface area contributed by atoms with E-state index in [0.29, 0.717) is 22.5 Å². The number of alkyl halides is 1. The summed E-state index contributed by atoms with van der Waals surface area (Å²) in [6.07, 6.45) is -2.99. The number of carbonyl (C=O) groups is 1. The normalized spacial score (nSPS) is 20.0. The smallest absolute Gasteiger partial charge is 0.274 e. The van der Waals surface area contributed by atoms with Gasteiger partial charge in [0.05, 0.1) is 17.7 Å². The van der Waals surface area contributed by atoms with Gasteiger partial charge in [-0.1, -0.05) is 97.1 Å². The van der Waals surface area contributed by atoms with Crippen molar-refractivity contribution in [1.82, 2.24) is 0 Å². The van der Waals surface area contributed by atoms with E-state index in [1.807, 2.05) is 6.07 Å². The third-order valence-electron chi connectivity index (χ3n) is 6.46. The van der Waals surface area contributed by atoms with Crippen LogP contribution in [-0.4, -0.2) is 22.2 Å². The number of rotatable bonds is 6. The van der Waals surface area contributed by atoms with Crippen LogP contribution in [0.4, 0.5) is 15.8 Å². The molecule has 4 aromatic carbocycles. The Hall–Kier alpha value is -3.80. The van der Waals surface area contributed by atoms with Crippen molar-refractivity contribution in [1.29, 1.82) is 0 Å². The van der Waals surface area contributed by atoms with Crippen molar-refractivity contribution in [2.24, 2.45) is 0 Å². The fourth-order valence-corrected chi connectivity index (χ4v) is 4.85. The molecule has 1 amide bonds. The Labute approximate surface area is 197 Å². The first-order chi connectivity index (χ1) is 16.5. The van der Waals surface area contributed by atoms with Crippen LogP contribution in [-0.2, 0) is 10.5 Å². The highest BCUT2D eigenvalue weighted by Gasteiger charge is 2.60. The Kier molecular flexibility index (Phi) is 5.74. The quantitative estimate of drug-likeness (QED) is 0.411. The molecule has 0 spiro atoms. The second-order valence-corrected chi connectivity index (χ2v) is 8.44. The maximum Gasteiger partial charge on any atom is 0.274 e. The van der Waals surface area contributed by atoms with E-state index < -0.39 is 29.7 Å². The number of aliphatic hydroxyl groups is 2. The monoisotopic (exact) mass is 453 g/mol. The zero-order valence-corrected chi connectivity index (χ0v) is 18.3. The van der Waals surface area contributed by atoms with Crippen molar-refractivity contribution in [3.05, 3.63) is 132 Å². The Morgan fingerprint density at radius 1 is 0.676 bits per heavy atom. The molecular weight excluding hydrogens is 429 g/mol. The van der Waals surface area contributed by atoms with E-state index in [1.54, 1.807) is 109 Å². The van der Waals surface area contributed by atoms with Gasteiger partial charge in [-0.2, -0.15) is 0 Å². The van der Waals surface area contributed by atoms with Crippen molar-refractivity contribution in [2.45, 2.75) is 23.8 Å². The summed E-state index contributed by atoms with van der Waals surface area (Å²) in [6.45, 7) is 0. The predicted molar refractivity (Wildman–Crippen MR) is 129 cm³/mol. The van der Waals surface area contributed by atoms with E-state index in [4.69, 9.17) is 0 Å². The minimum absolute atomic E-state index is 0.164. The topological polar surface area (TPSA) is 60.8 Å². The molecule has 4 nitrogen and oxygen atoms in total. The molecule has 5 rings (SSSR count). The van der Waals surface area contributed by atoms with Gasteiger partial charge in [-0.15, -0.1) is 0 Å². The third kappa shape index (κ3) is 3.50. The molecule has 1 heterocycles. The Balaban J connectivity index is 1.69. The van der Waals surface area contributed by atoms with E-state index in [-0.39, 0.29) is 5.56 Å². The van der Waals surface area contributed by atoms with Gasteiger partial charge in [-0.3, -0.25) is 9.69 Å². The van der Waals surface area contributed by atoms with Crippen molar-refractivity contribution in [3.63, 3.8) is 0 Å². The lowest BCUT2D eigenvalue weighted by atomic mass is 9.74. The number of benzene rings is 4. The Bertz CT molecular complexity index is 1280. The first-order valence-electron chi connectivity index (χ1n) is 11.2. The first-order valence-corrected chi connectivity index (χ1v) is 11.2. The predicted octanol–water partition coefficient (Wildman–Crippen LogP) is 5.41. The summed E-state index contributed by atoms with van der Waals surface area (Å²) in [5, 5.41) is 22.5. The summed E-state index contributed by atoms with van der Waals surface area (Å²) in [7, 11) is 0. The minimum atomic E-state index is -2.61. The van der Waals surface area contributed by atoms with Gasteiger partial charge in [0.25, 0.3) is 5.91 Å². The van der Waals surface area contributed by atoms with Gasteiger partial charge in [-0.25, -0.2) is 4.39 Å². The summed E-state index contributed by atoms with van der Waals surface area (Å²) < 4.78 is 17.4. The van der Waals surface area contributed by atoms with Crippen molar-refractivity contribution in [3.8, 4) is 0 Å². The van der Waals surface area contributed by atoms with Gasteiger partial charge < -0.3 is 10.2 Å². The number of carbonyl (C=O) groups excluding carboxylic acids is 1. The molecule has 170 valence electrons. The van der Waals surface area contributed by atoms with Crippen LogP contribution >= 0.6 is 0 Å². The van der Waals surface area contributed by atoms with E-state index in [2.05, 4.69) is 0 Å². The van der Waals surface area contributed by atoms with E-state index in [0.717, 1.165) is 0 Å². The highest BCUT2D eigenvalue weighted by Crippen LogP contribution is 2.55. The highest BCUT2D eigenvalue weighted by molar-refractivity contribution is 6.12. The molecule has 0 saturated heterocycles. The molecule has 0 aromatic heterocycles. The maximum absolute atomic E-state index is 17.4. The van der Waals surface area contributed by atoms with Crippen LogP contribution in [0, 0.1) is 0 Å². The van der Waals surface area contributed by atoms with Crippen LogP contribution in [0.15, 0.2) is 115 Å². The zero-order valence-electron chi connectivity index (χ0n) is 18.3. The first kappa shape index (κ1) is 22.0. The molecule has 34 heavy (non-hydrogen) atoms. The fourth-order valence-electron chi connectivity index (χ4n) is 4.85. The molecular formula is C29H24FNO3. The van der Waals surface area contributed by atoms with Crippen LogP contribution in [0.25, 0.3) is 0 Å². The van der Waals surface area contributed by atoms with Gasteiger partial charge in [0.2, 0.25) is 5.67 Å². The molecule has 2 N–H and O–H groups in total. The van der Waals surface area contributed by atoms with Crippen LogP contribution in [0.5, 0.6) is 0 Å². The van der Waals surface area contributed by atoms with Gasteiger partial charge in [0, 0.05) is 11.3 Å². The molecule has 4 aromatic rings. The Morgan fingerprint density at radius 3 is 1.79 bits per heavy atom. The molecule has 4 atom stereocenters. The van der Waals surface area contributed by atoms with Gasteiger partial charge in [-0.05, 0) is 29.3 Å². The van der Waals surface area contributed by atoms with Gasteiger partial charge in [0.1, 0.15) is 6.10 Å². The molecule has 0 aliphatic carbocycles. The van der Waals surface area contributed by atoms with Crippen LogP contribution in [0.1, 0.15) is 28.7 Å². The lowest BCUT2D eigenvalue weighted by molar-refractivity contribution is -0.135. The summed E-state index contributed by atoms with van der Waals surface area (Å²) >= 11 is 0. The number of hydrogen-bond donors (Lipinski definition) is 2. The average Bonchev–Trinajstić information content (AvgIpc) is 3.12. The molecule has 0 saturated carbocycles. The lowest BCUT2D eigenvalue weighted by Gasteiger charge is -2.35. The molecule has 0 fully saturated rings. The SMILES string of the molecule is O=C1N(c2ccccc2)c2ccccc2[C@]1(F)[C@@H](c1ccccc1)[C@H](O)[C@@H](O)c1ccccc1. The molecule has 1 aliphatic rings. The van der Waals surface area contributed by atoms with E-state index in [9.17, 15) is 15.0 Å². The molecule has 1 aliphatic heterocycles. The summed E-state index contributed by atoms with van der Waals surface area (Å²) in [5.41, 5.74) is -0.628. The summed E-state index contributed by atoms with van der Waals surface area (Å²) in [6, 6.07) is 32.8. The molecule has 0 unspecified atom stereocenters.